The monoisotopic (exact) mass is 345 g/mol. The summed E-state index contributed by atoms with van der Waals surface area (Å²) in [5.41, 5.74) is 2.82. The van der Waals surface area contributed by atoms with Crippen LogP contribution in [0.5, 0.6) is 0 Å². The van der Waals surface area contributed by atoms with Gasteiger partial charge in [0.05, 0.1) is 17.9 Å². The van der Waals surface area contributed by atoms with Crippen molar-refractivity contribution in [3.8, 4) is 0 Å². The van der Waals surface area contributed by atoms with E-state index in [1.807, 2.05) is 19.9 Å². The second-order valence-electron chi connectivity index (χ2n) is 6.43. The molecule has 0 aromatic carbocycles. The van der Waals surface area contributed by atoms with E-state index in [2.05, 4.69) is 9.67 Å². The molecule has 2 aromatic heterocycles. The van der Waals surface area contributed by atoms with Crippen LogP contribution in [0.4, 0.5) is 0 Å². The molecule has 2 aromatic rings. The number of ketones is 1. The van der Waals surface area contributed by atoms with Gasteiger partial charge in [-0.25, -0.2) is 4.79 Å². The Morgan fingerprint density at radius 3 is 2.84 bits per heavy atom. The van der Waals surface area contributed by atoms with E-state index in [4.69, 9.17) is 9.47 Å². The molecule has 0 aliphatic carbocycles. The highest BCUT2D eigenvalue weighted by atomic mass is 16.5. The third kappa shape index (κ3) is 3.82. The number of ether oxygens (including phenoxy) is 2. The SMILES string of the molecule is Cc1cc(C(=O)COC(=O)c2cnn(C)c2)c(C)n1CC1CCCO1. The van der Waals surface area contributed by atoms with Crippen molar-refractivity contribution in [2.75, 3.05) is 13.2 Å². The van der Waals surface area contributed by atoms with Gasteiger partial charge >= 0.3 is 5.97 Å². The summed E-state index contributed by atoms with van der Waals surface area (Å²) >= 11 is 0. The van der Waals surface area contributed by atoms with Gasteiger partial charge in [0.2, 0.25) is 5.78 Å². The first-order valence-electron chi connectivity index (χ1n) is 8.43. The zero-order valence-electron chi connectivity index (χ0n) is 14.8. The lowest BCUT2D eigenvalue weighted by molar-refractivity contribution is 0.0474. The first kappa shape index (κ1) is 17.4. The average Bonchev–Trinajstić information content (AvgIpc) is 3.30. The minimum absolute atomic E-state index is 0.205. The summed E-state index contributed by atoms with van der Waals surface area (Å²) < 4.78 is 14.4. The van der Waals surface area contributed by atoms with E-state index >= 15 is 0 Å². The van der Waals surface area contributed by atoms with Crippen molar-refractivity contribution in [3.63, 3.8) is 0 Å². The molecule has 7 heteroatoms. The van der Waals surface area contributed by atoms with Crippen LogP contribution in [0.1, 0.15) is 44.9 Å². The summed E-state index contributed by atoms with van der Waals surface area (Å²) in [4.78, 5) is 24.4. The predicted octanol–water partition coefficient (Wildman–Crippen LogP) is 2.06. The van der Waals surface area contributed by atoms with Crippen molar-refractivity contribution in [2.24, 2.45) is 7.05 Å². The summed E-state index contributed by atoms with van der Waals surface area (Å²) in [6.07, 6.45) is 5.31. The smallest absolute Gasteiger partial charge is 0.341 e. The Balaban J connectivity index is 1.64. The lowest BCUT2D eigenvalue weighted by atomic mass is 10.1. The van der Waals surface area contributed by atoms with E-state index in [1.165, 1.54) is 10.9 Å². The van der Waals surface area contributed by atoms with Gasteiger partial charge in [0, 0.05) is 43.3 Å². The molecule has 1 unspecified atom stereocenters. The van der Waals surface area contributed by atoms with Crippen molar-refractivity contribution in [2.45, 2.75) is 39.3 Å². The molecular formula is C18H23N3O4. The maximum absolute atomic E-state index is 12.5. The van der Waals surface area contributed by atoms with Gasteiger partial charge in [0.15, 0.2) is 6.61 Å². The number of Topliss-reactive ketones (excluding diaryl/α,β-unsaturated/α-hetero) is 1. The van der Waals surface area contributed by atoms with E-state index in [0.29, 0.717) is 11.1 Å². The summed E-state index contributed by atoms with van der Waals surface area (Å²) in [5, 5.41) is 3.92. The topological polar surface area (TPSA) is 75.4 Å². The predicted molar refractivity (Wildman–Crippen MR) is 90.7 cm³/mol. The van der Waals surface area contributed by atoms with Crippen molar-refractivity contribution in [1.29, 1.82) is 0 Å². The van der Waals surface area contributed by atoms with Gasteiger partial charge < -0.3 is 14.0 Å². The third-order valence-corrected chi connectivity index (χ3v) is 4.56. The van der Waals surface area contributed by atoms with Gasteiger partial charge in [-0.3, -0.25) is 9.48 Å². The number of aromatic nitrogens is 3. The minimum atomic E-state index is -0.547. The van der Waals surface area contributed by atoms with E-state index in [0.717, 1.165) is 37.4 Å². The van der Waals surface area contributed by atoms with Crippen molar-refractivity contribution < 1.29 is 19.1 Å². The zero-order chi connectivity index (χ0) is 18.0. The van der Waals surface area contributed by atoms with Crippen LogP contribution in [-0.4, -0.2) is 45.4 Å². The second kappa shape index (κ2) is 7.23. The molecule has 3 rings (SSSR count). The van der Waals surface area contributed by atoms with E-state index < -0.39 is 5.97 Å². The fraction of sp³-hybridized carbons (Fsp3) is 0.500. The molecule has 3 heterocycles. The Morgan fingerprint density at radius 2 is 2.20 bits per heavy atom. The molecule has 25 heavy (non-hydrogen) atoms. The molecule has 0 amide bonds. The Hall–Kier alpha value is -2.41. The van der Waals surface area contributed by atoms with Crippen LogP contribution in [0.3, 0.4) is 0 Å². The summed E-state index contributed by atoms with van der Waals surface area (Å²) in [6.45, 7) is 5.16. The second-order valence-corrected chi connectivity index (χ2v) is 6.43. The number of nitrogens with zero attached hydrogens (tertiary/aromatic N) is 3. The Kier molecular flexibility index (Phi) is 5.03. The summed E-state index contributed by atoms with van der Waals surface area (Å²) in [5.74, 6) is -0.751. The molecule has 0 N–H and O–H groups in total. The van der Waals surface area contributed by atoms with Crippen LogP contribution in [0, 0.1) is 13.8 Å². The van der Waals surface area contributed by atoms with Crippen molar-refractivity contribution >= 4 is 11.8 Å². The van der Waals surface area contributed by atoms with E-state index in [1.54, 1.807) is 13.2 Å². The van der Waals surface area contributed by atoms with Gasteiger partial charge in [-0.2, -0.15) is 5.10 Å². The number of rotatable bonds is 6. The maximum Gasteiger partial charge on any atom is 0.341 e. The number of esters is 1. The Bertz CT molecular complexity index is 784. The fourth-order valence-corrected chi connectivity index (χ4v) is 3.18. The number of carbonyl (C=O) groups is 2. The van der Waals surface area contributed by atoms with Crippen LogP contribution < -0.4 is 0 Å². The number of hydrogen-bond donors (Lipinski definition) is 0. The normalized spacial score (nSPS) is 17.0. The molecule has 1 atom stereocenters. The molecule has 134 valence electrons. The molecule has 0 bridgehead atoms. The highest BCUT2D eigenvalue weighted by Crippen LogP contribution is 2.20. The lowest BCUT2D eigenvalue weighted by Gasteiger charge is -2.14. The highest BCUT2D eigenvalue weighted by Gasteiger charge is 2.22. The Morgan fingerprint density at radius 1 is 1.40 bits per heavy atom. The van der Waals surface area contributed by atoms with Crippen molar-refractivity contribution in [1.82, 2.24) is 14.3 Å². The van der Waals surface area contributed by atoms with E-state index in [9.17, 15) is 9.59 Å². The van der Waals surface area contributed by atoms with Crippen LogP contribution >= 0.6 is 0 Å². The quantitative estimate of drug-likeness (QED) is 0.592. The van der Waals surface area contributed by atoms with Gasteiger partial charge in [-0.1, -0.05) is 0 Å². The van der Waals surface area contributed by atoms with Crippen LogP contribution in [0.2, 0.25) is 0 Å². The number of aryl methyl sites for hydroxylation is 2. The van der Waals surface area contributed by atoms with Gasteiger partial charge in [-0.05, 0) is 32.8 Å². The summed E-state index contributed by atoms with van der Waals surface area (Å²) in [6, 6.07) is 1.85. The number of hydrogen-bond acceptors (Lipinski definition) is 5. The fourth-order valence-electron chi connectivity index (χ4n) is 3.18. The standard InChI is InChI=1S/C18H23N3O4/c1-12-7-16(13(2)21(12)10-15-5-4-6-24-15)17(22)11-25-18(23)14-8-19-20(3)9-14/h7-9,15H,4-6,10-11H2,1-3H3. The van der Waals surface area contributed by atoms with Crippen LogP contribution in [0.15, 0.2) is 18.5 Å². The molecule has 1 aliphatic heterocycles. The number of carbonyl (C=O) groups excluding carboxylic acids is 2. The summed E-state index contributed by atoms with van der Waals surface area (Å²) in [7, 11) is 1.71. The molecule has 1 fully saturated rings. The largest absolute Gasteiger partial charge is 0.454 e. The Labute approximate surface area is 146 Å². The highest BCUT2D eigenvalue weighted by molar-refractivity contribution is 6.00. The van der Waals surface area contributed by atoms with Crippen LogP contribution in [-0.2, 0) is 23.1 Å². The van der Waals surface area contributed by atoms with E-state index in [-0.39, 0.29) is 18.5 Å². The molecule has 7 nitrogen and oxygen atoms in total. The van der Waals surface area contributed by atoms with Gasteiger partial charge in [0.25, 0.3) is 0 Å². The first-order chi connectivity index (χ1) is 12.0. The molecule has 0 radical (unpaired) electrons. The molecule has 0 saturated carbocycles. The van der Waals surface area contributed by atoms with Crippen LogP contribution in [0.25, 0.3) is 0 Å². The zero-order valence-corrected chi connectivity index (χ0v) is 14.8. The first-order valence-corrected chi connectivity index (χ1v) is 8.43. The maximum atomic E-state index is 12.5. The van der Waals surface area contributed by atoms with Gasteiger partial charge in [-0.15, -0.1) is 0 Å². The molecular weight excluding hydrogens is 322 g/mol. The lowest BCUT2D eigenvalue weighted by Crippen LogP contribution is -2.18. The minimum Gasteiger partial charge on any atom is -0.454 e. The average molecular weight is 345 g/mol. The molecule has 1 aliphatic rings. The molecule has 1 saturated heterocycles. The van der Waals surface area contributed by atoms with Crippen molar-refractivity contribution in [3.05, 3.63) is 41.0 Å². The third-order valence-electron chi connectivity index (χ3n) is 4.56. The molecule has 0 spiro atoms. The van der Waals surface area contributed by atoms with Gasteiger partial charge in [0.1, 0.15) is 0 Å².